The largest absolute Gasteiger partial charge is 0.479 e. The minimum atomic E-state index is -1.86. The monoisotopic (exact) mass is 881 g/mol. The molecule has 0 bridgehead atoms. The van der Waals surface area contributed by atoms with Gasteiger partial charge >= 0.3 is 17.9 Å². The van der Waals surface area contributed by atoms with E-state index in [1.54, 1.807) is 0 Å². The third kappa shape index (κ3) is 32.4. The van der Waals surface area contributed by atoms with Gasteiger partial charge < -0.3 is 39.4 Å². The summed E-state index contributed by atoms with van der Waals surface area (Å²) in [4.78, 5) is 37.0. The van der Waals surface area contributed by atoms with E-state index in [9.17, 15) is 34.8 Å². The van der Waals surface area contributed by atoms with Crippen LogP contribution >= 0.6 is 0 Å². The zero-order valence-corrected chi connectivity index (χ0v) is 39.4. The van der Waals surface area contributed by atoms with Gasteiger partial charge in [0.25, 0.3) is 0 Å². The number of aliphatic hydroxyl groups is 3. The number of unbranched alkanes of at least 4 members (excludes halogenated alkanes) is 28. The van der Waals surface area contributed by atoms with Crippen molar-refractivity contribution in [3.05, 3.63) is 24.3 Å². The van der Waals surface area contributed by atoms with Crippen LogP contribution in [0.1, 0.15) is 232 Å². The maximum Gasteiger partial charge on any atom is 0.335 e. The molecule has 1 heterocycles. The van der Waals surface area contributed by atoms with Crippen molar-refractivity contribution in [3.8, 4) is 0 Å². The highest BCUT2D eigenvalue weighted by Crippen LogP contribution is 2.23. The van der Waals surface area contributed by atoms with Crippen LogP contribution in [-0.2, 0) is 33.3 Å². The number of aliphatic hydroxyl groups excluding tert-OH is 3. The van der Waals surface area contributed by atoms with Crippen molar-refractivity contribution in [1.29, 1.82) is 0 Å². The first kappa shape index (κ1) is 57.7. The van der Waals surface area contributed by atoms with Crippen molar-refractivity contribution in [3.63, 3.8) is 0 Å². The van der Waals surface area contributed by atoms with E-state index in [1.807, 2.05) is 0 Å². The fourth-order valence-corrected chi connectivity index (χ4v) is 7.79. The second kappa shape index (κ2) is 41.4. The number of hydrogen-bond donors (Lipinski definition) is 4. The van der Waals surface area contributed by atoms with Crippen molar-refractivity contribution < 1.29 is 53.8 Å². The van der Waals surface area contributed by atoms with Gasteiger partial charge in [-0.3, -0.25) is 9.59 Å². The molecule has 0 radical (unpaired) electrons. The highest BCUT2D eigenvalue weighted by molar-refractivity contribution is 5.73. The predicted molar refractivity (Wildman–Crippen MR) is 248 cm³/mol. The Kier molecular flexibility index (Phi) is 38.5. The third-order valence-electron chi connectivity index (χ3n) is 11.8. The molecule has 11 heteroatoms. The van der Waals surface area contributed by atoms with E-state index in [1.165, 1.54) is 141 Å². The highest BCUT2D eigenvalue weighted by Gasteiger charge is 2.47. The molecule has 62 heavy (non-hydrogen) atoms. The van der Waals surface area contributed by atoms with Crippen molar-refractivity contribution in [2.24, 2.45) is 0 Å². The number of hydrogen-bond acceptors (Lipinski definition) is 10. The Morgan fingerprint density at radius 2 is 0.903 bits per heavy atom. The number of carboxylic acid groups (broad SMARTS) is 1. The first-order valence-electron chi connectivity index (χ1n) is 25.4. The SMILES string of the molecule is CCCCC/C=C\C/C=C\CCCCCCCCCCCC(=O)OCC(COC1OC(C(=O)O)C(O)C(O)C1O)OC(=O)CCCCCCCCCCCCCCCCCCC. The van der Waals surface area contributed by atoms with Gasteiger partial charge in [-0.25, -0.2) is 4.79 Å². The Labute approximate surface area is 377 Å². The summed E-state index contributed by atoms with van der Waals surface area (Å²) < 4.78 is 21.8. The Balaban J connectivity index is 2.30. The molecule has 0 aromatic carbocycles. The first-order valence-corrected chi connectivity index (χ1v) is 25.4. The van der Waals surface area contributed by atoms with Gasteiger partial charge in [-0.2, -0.15) is 0 Å². The summed E-state index contributed by atoms with van der Waals surface area (Å²) >= 11 is 0. The number of carbonyl (C=O) groups excluding carboxylic acids is 2. The molecule has 11 nitrogen and oxygen atoms in total. The molecule has 362 valence electrons. The molecule has 0 amide bonds. The van der Waals surface area contributed by atoms with Crippen LogP contribution in [0.4, 0.5) is 0 Å². The van der Waals surface area contributed by atoms with Crippen LogP contribution in [0.15, 0.2) is 24.3 Å². The molecule has 1 aliphatic heterocycles. The van der Waals surface area contributed by atoms with Gasteiger partial charge in [0, 0.05) is 12.8 Å². The van der Waals surface area contributed by atoms with Crippen LogP contribution in [0.5, 0.6) is 0 Å². The molecule has 0 spiro atoms. The van der Waals surface area contributed by atoms with Crippen LogP contribution in [0.25, 0.3) is 0 Å². The van der Waals surface area contributed by atoms with Gasteiger partial charge in [-0.1, -0.05) is 199 Å². The summed E-state index contributed by atoms with van der Waals surface area (Å²) in [6, 6.07) is 0. The van der Waals surface area contributed by atoms with Crippen LogP contribution in [0.3, 0.4) is 0 Å². The van der Waals surface area contributed by atoms with E-state index < -0.39 is 54.7 Å². The van der Waals surface area contributed by atoms with Crippen molar-refractivity contribution in [2.75, 3.05) is 13.2 Å². The van der Waals surface area contributed by atoms with E-state index in [-0.39, 0.29) is 26.1 Å². The smallest absolute Gasteiger partial charge is 0.335 e. The first-order chi connectivity index (χ1) is 30.2. The van der Waals surface area contributed by atoms with Gasteiger partial charge in [0.2, 0.25) is 0 Å². The van der Waals surface area contributed by atoms with Crippen molar-refractivity contribution in [1.82, 2.24) is 0 Å². The van der Waals surface area contributed by atoms with E-state index in [2.05, 4.69) is 38.2 Å². The van der Waals surface area contributed by atoms with Crippen LogP contribution in [0, 0.1) is 0 Å². The molecule has 0 aliphatic carbocycles. The van der Waals surface area contributed by atoms with Gasteiger partial charge in [-0.05, 0) is 44.9 Å². The summed E-state index contributed by atoms with van der Waals surface area (Å²) in [5.74, 6) is -2.43. The predicted octanol–water partition coefficient (Wildman–Crippen LogP) is 11.8. The van der Waals surface area contributed by atoms with E-state index in [0.29, 0.717) is 12.8 Å². The molecule has 1 rings (SSSR count). The maximum absolute atomic E-state index is 12.8. The number of ether oxygens (including phenoxy) is 4. The summed E-state index contributed by atoms with van der Waals surface area (Å²) in [7, 11) is 0. The Morgan fingerprint density at radius 1 is 0.500 bits per heavy atom. The van der Waals surface area contributed by atoms with Crippen LogP contribution in [0.2, 0.25) is 0 Å². The van der Waals surface area contributed by atoms with Gasteiger partial charge in [0.1, 0.15) is 24.9 Å². The molecule has 1 aliphatic rings. The standard InChI is InChI=1S/C51H92O11/c1-3-5-7-9-11-13-15-17-19-21-22-24-25-27-29-31-33-35-37-39-44(52)59-41-43(42-60-51-48(56)46(54)47(55)49(62-51)50(57)58)61-45(53)40-38-36-34-32-30-28-26-23-20-18-16-14-12-10-8-6-4-2/h11,13,17,19,43,46-49,51,54-56H,3-10,12,14-16,18,20-42H2,1-2H3,(H,57,58)/b13-11-,19-17-. The van der Waals surface area contributed by atoms with Crippen LogP contribution < -0.4 is 0 Å². The van der Waals surface area contributed by atoms with E-state index in [4.69, 9.17) is 18.9 Å². The molecule has 6 atom stereocenters. The highest BCUT2D eigenvalue weighted by atomic mass is 16.7. The number of rotatable bonds is 43. The average molecular weight is 881 g/mol. The Hall–Kier alpha value is -2.31. The third-order valence-corrected chi connectivity index (χ3v) is 11.8. The fourth-order valence-electron chi connectivity index (χ4n) is 7.79. The topological polar surface area (TPSA) is 169 Å². The second-order valence-electron chi connectivity index (χ2n) is 17.7. The van der Waals surface area contributed by atoms with Crippen molar-refractivity contribution >= 4 is 17.9 Å². The summed E-state index contributed by atoms with van der Waals surface area (Å²) in [6.45, 7) is 3.82. The number of allylic oxidation sites excluding steroid dienone is 4. The summed E-state index contributed by atoms with van der Waals surface area (Å²) in [6.07, 6.45) is 37.9. The fraction of sp³-hybridized carbons (Fsp3) is 0.863. The van der Waals surface area contributed by atoms with Crippen molar-refractivity contribution in [2.45, 2.75) is 269 Å². The van der Waals surface area contributed by atoms with Gasteiger partial charge in [0.15, 0.2) is 18.5 Å². The zero-order valence-electron chi connectivity index (χ0n) is 39.4. The number of carboxylic acids is 1. The molecular formula is C51H92O11. The molecular weight excluding hydrogens is 789 g/mol. The number of aliphatic carboxylic acids is 1. The van der Waals surface area contributed by atoms with Gasteiger partial charge in [-0.15, -0.1) is 0 Å². The average Bonchev–Trinajstić information content (AvgIpc) is 3.26. The minimum absolute atomic E-state index is 0.187. The lowest BCUT2D eigenvalue weighted by atomic mass is 9.99. The maximum atomic E-state index is 12.8. The van der Waals surface area contributed by atoms with Gasteiger partial charge in [0.05, 0.1) is 6.61 Å². The molecule has 4 N–H and O–H groups in total. The lowest BCUT2D eigenvalue weighted by molar-refractivity contribution is -0.298. The zero-order chi connectivity index (χ0) is 45.3. The van der Waals surface area contributed by atoms with E-state index >= 15 is 0 Å². The number of carbonyl (C=O) groups is 3. The second-order valence-corrected chi connectivity index (χ2v) is 17.7. The Bertz CT molecular complexity index is 1130. The lowest BCUT2D eigenvalue weighted by Gasteiger charge is -2.38. The summed E-state index contributed by atoms with van der Waals surface area (Å²) in [5, 5.41) is 39.9. The van der Waals surface area contributed by atoms with E-state index in [0.717, 1.165) is 51.4 Å². The molecule has 0 aromatic rings. The molecule has 6 unspecified atom stereocenters. The minimum Gasteiger partial charge on any atom is -0.479 e. The number of esters is 2. The lowest BCUT2D eigenvalue weighted by Crippen LogP contribution is -2.60. The molecule has 0 saturated carbocycles. The quantitative estimate of drug-likeness (QED) is 0.0261. The normalized spacial score (nSPS) is 19.7. The van der Waals surface area contributed by atoms with Crippen LogP contribution in [-0.4, -0.2) is 88.4 Å². The molecule has 1 fully saturated rings. The summed E-state index contributed by atoms with van der Waals surface area (Å²) in [5.41, 5.74) is 0. The Morgan fingerprint density at radius 3 is 1.37 bits per heavy atom. The molecule has 1 saturated heterocycles. The molecule has 0 aromatic heterocycles.